The minimum Gasteiger partial charge on any atom is -0.461 e. The second-order valence-electron chi connectivity index (χ2n) is 4.30. The molecule has 0 aliphatic rings. The molecule has 0 saturated carbocycles. The fourth-order valence-corrected chi connectivity index (χ4v) is 2.84. The summed E-state index contributed by atoms with van der Waals surface area (Å²) in [5.74, 6) is 0.460. The summed E-state index contributed by atoms with van der Waals surface area (Å²) in [6.07, 6.45) is 0.873. The van der Waals surface area contributed by atoms with Gasteiger partial charge in [-0.15, -0.1) is 0 Å². The number of carbonyl (C=O) groups is 1. The molecule has 0 bridgehead atoms. The average Bonchev–Trinajstić information content (AvgIpc) is 2.37. The Hall–Kier alpha value is -1.16. The highest BCUT2D eigenvalue weighted by molar-refractivity contribution is 7.85. The Balaban J connectivity index is 2.34. The van der Waals surface area contributed by atoms with Gasteiger partial charge in [0.05, 0.1) is 5.92 Å². The molecule has 2 atom stereocenters. The van der Waals surface area contributed by atoms with Crippen molar-refractivity contribution in [3.8, 4) is 0 Å². The van der Waals surface area contributed by atoms with Crippen molar-refractivity contribution >= 4 is 16.8 Å². The SMILES string of the molecule is CCCS(=O)CC(C)C(=O)OCc1ccccc1. The van der Waals surface area contributed by atoms with Crippen LogP contribution < -0.4 is 0 Å². The Labute approximate surface area is 111 Å². The molecule has 0 amide bonds. The zero-order valence-electron chi connectivity index (χ0n) is 10.9. The molecule has 3 nitrogen and oxygen atoms in total. The molecule has 4 heteroatoms. The number of hydrogen-bond donors (Lipinski definition) is 0. The molecule has 1 aromatic rings. The van der Waals surface area contributed by atoms with Crippen molar-refractivity contribution in [2.75, 3.05) is 11.5 Å². The average molecular weight is 268 g/mol. The van der Waals surface area contributed by atoms with E-state index in [0.29, 0.717) is 11.5 Å². The molecule has 0 fully saturated rings. The molecular weight excluding hydrogens is 248 g/mol. The highest BCUT2D eigenvalue weighted by Crippen LogP contribution is 2.06. The van der Waals surface area contributed by atoms with Crippen molar-refractivity contribution in [3.63, 3.8) is 0 Å². The molecule has 18 heavy (non-hydrogen) atoms. The third-order valence-electron chi connectivity index (χ3n) is 2.49. The Morgan fingerprint density at radius 1 is 1.33 bits per heavy atom. The van der Waals surface area contributed by atoms with Gasteiger partial charge in [-0.25, -0.2) is 0 Å². The summed E-state index contributed by atoms with van der Waals surface area (Å²) in [4.78, 5) is 11.7. The van der Waals surface area contributed by atoms with Gasteiger partial charge in [0.25, 0.3) is 0 Å². The summed E-state index contributed by atoms with van der Waals surface area (Å²) in [6, 6.07) is 9.55. The van der Waals surface area contributed by atoms with Crippen LogP contribution in [0.15, 0.2) is 30.3 Å². The first-order valence-electron chi connectivity index (χ1n) is 6.19. The van der Waals surface area contributed by atoms with Crippen LogP contribution in [0.1, 0.15) is 25.8 Å². The lowest BCUT2D eigenvalue weighted by Gasteiger charge is -2.11. The van der Waals surface area contributed by atoms with Crippen molar-refractivity contribution in [1.29, 1.82) is 0 Å². The number of esters is 1. The maximum atomic E-state index is 11.7. The van der Waals surface area contributed by atoms with Crippen molar-refractivity contribution in [2.45, 2.75) is 26.9 Å². The van der Waals surface area contributed by atoms with Crippen LogP contribution in [0.5, 0.6) is 0 Å². The van der Waals surface area contributed by atoms with Gasteiger partial charge in [-0.1, -0.05) is 44.2 Å². The van der Waals surface area contributed by atoms with Gasteiger partial charge in [0.2, 0.25) is 0 Å². The highest BCUT2D eigenvalue weighted by Gasteiger charge is 2.17. The Kier molecular flexibility index (Phi) is 6.65. The Bertz CT molecular complexity index is 389. The van der Waals surface area contributed by atoms with Crippen molar-refractivity contribution < 1.29 is 13.7 Å². The largest absolute Gasteiger partial charge is 0.461 e. The molecule has 0 spiro atoms. The zero-order chi connectivity index (χ0) is 13.4. The van der Waals surface area contributed by atoms with E-state index in [0.717, 1.165) is 12.0 Å². The van der Waals surface area contributed by atoms with Crippen LogP contribution in [0.3, 0.4) is 0 Å². The molecular formula is C14H20O3S. The van der Waals surface area contributed by atoms with Crippen LogP contribution in [0.2, 0.25) is 0 Å². The molecule has 0 aliphatic carbocycles. The monoisotopic (exact) mass is 268 g/mol. The molecule has 1 rings (SSSR count). The van der Waals surface area contributed by atoms with Gasteiger partial charge in [0, 0.05) is 22.3 Å². The molecule has 0 aliphatic heterocycles. The fourth-order valence-electron chi connectivity index (χ4n) is 1.53. The highest BCUT2D eigenvalue weighted by atomic mass is 32.2. The quantitative estimate of drug-likeness (QED) is 0.714. The first-order valence-corrected chi connectivity index (χ1v) is 7.67. The van der Waals surface area contributed by atoms with E-state index in [1.165, 1.54) is 0 Å². The van der Waals surface area contributed by atoms with E-state index < -0.39 is 10.8 Å². The maximum Gasteiger partial charge on any atom is 0.309 e. The molecule has 100 valence electrons. The maximum absolute atomic E-state index is 11.7. The number of carbonyl (C=O) groups excluding carboxylic acids is 1. The van der Waals surface area contributed by atoms with Crippen molar-refractivity contribution in [2.24, 2.45) is 5.92 Å². The normalized spacial score (nSPS) is 13.9. The third-order valence-corrected chi connectivity index (χ3v) is 4.23. The lowest BCUT2D eigenvalue weighted by molar-refractivity contribution is -0.148. The first-order chi connectivity index (χ1) is 8.63. The summed E-state index contributed by atoms with van der Waals surface area (Å²) >= 11 is 0. The van der Waals surface area contributed by atoms with Gasteiger partial charge in [-0.3, -0.25) is 9.00 Å². The summed E-state index contributed by atoms with van der Waals surface area (Å²) in [6.45, 7) is 4.03. The zero-order valence-corrected chi connectivity index (χ0v) is 11.7. The third kappa shape index (κ3) is 5.45. The van der Waals surface area contributed by atoms with E-state index in [1.807, 2.05) is 37.3 Å². The summed E-state index contributed by atoms with van der Waals surface area (Å²) in [5.41, 5.74) is 0.965. The summed E-state index contributed by atoms with van der Waals surface area (Å²) in [5, 5.41) is 0. The Morgan fingerprint density at radius 2 is 2.00 bits per heavy atom. The topological polar surface area (TPSA) is 43.4 Å². The summed E-state index contributed by atoms with van der Waals surface area (Å²) in [7, 11) is -0.920. The lowest BCUT2D eigenvalue weighted by Crippen LogP contribution is -2.21. The van der Waals surface area contributed by atoms with Gasteiger partial charge in [-0.2, -0.15) is 0 Å². The van der Waals surface area contributed by atoms with Gasteiger partial charge in [0.15, 0.2) is 0 Å². The van der Waals surface area contributed by atoms with Crippen LogP contribution >= 0.6 is 0 Å². The van der Waals surface area contributed by atoms with Crippen LogP contribution in [-0.4, -0.2) is 21.7 Å². The fraction of sp³-hybridized carbons (Fsp3) is 0.500. The van der Waals surface area contributed by atoms with E-state index in [9.17, 15) is 9.00 Å². The molecule has 0 radical (unpaired) electrons. The minimum absolute atomic E-state index is 0.275. The van der Waals surface area contributed by atoms with Crippen LogP contribution in [0, 0.1) is 5.92 Å². The summed E-state index contributed by atoms with van der Waals surface area (Å²) < 4.78 is 16.7. The van der Waals surface area contributed by atoms with Crippen LogP contribution in [-0.2, 0) is 26.9 Å². The van der Waals surface area contributed by atoms with Crippen LogP contribution in [0.25, 0.3) is 0 Å². The van der Waals surface area contributed by atoms with E-state index in [-0.39, 0.29) is 18.5 Å². The number of hydrogen-bond acceptors (Lipinski definition) is 3. The predicted molar refractivity (Wildman–Crippen MR) is 73.6 cm³/mol. The van der Waals surface area contributed by atoms with Gasteiger partial charge >= 0.3 is 5.97 Å². The Morgan fingerprint density at radius 3 is 2.61 bits per heavy atom. The van der Waals surface area contributed by atoms with E-state index in [4.69, 9.17) is 4.74 Å². The molecule has 2 unspecified atom stereocenters. The van der Waals surface area contributed by atoms with Gasteiger partial charge < -0.3 is 4.74 Å². The molecule has 0 heterocycles. The number of ether oxygens (including phenoxy) is 1. The van der Waals surface area contributed by atoms with Crippen molar-refractivity contribution in [3.05, 3.63) is 35.9 Å². The molecule has 0 aromatic heterocycles. The first kappa shape index (κ1) is 14.9. The van der Waals surface area contributed by atoms with Crippen molar-refractivity contribution in [1.82, 2.24) is 0 Å². The molecule has 1 aromatic carbocycles. The number of rotatable bonds is 7. The second kappa shape index (κ2) is 8.03. The van der Waals surface area contributed by atoms with E-state index in [2.05, 4.69) is 0 Å². The van der Waals surface area contributed by atoms with Gasteiger partial charge in [-0.05, 0) is 12.0 Å². The number of benzene rings is 1. The van der Waals surface area contributed by atoms with Gasteiger partial charge in [0.1, 0.15) is 6.61 Å². The van der Waals surface area contributed by atoms with E-state index in [1.54, 1.807) is 6.92 Å². The molecule has 0 saturated heterocycles. The minimum atomic E-state index is -0.920. The van der Waals surface area contributed by atoms with E-state index >= 15 is 0 Å². The lowest BCUT2D eigenvalue weighted by atomic mass is 10.2. The predicted octanol–water partition coefficient (Wildman–Crippen LogP) is 2.52. The smallest absolute Gasteiger partial charge is 0.309 e. The standard InChI is InChI=1S/C14H20O3S/c1-3-9-18(16)11-12(2)14(15)17-10-13-7-5-4-6-8-13/h4-8,12H,3,9-11H2,1-2H3. The van der Waals surface area contributed by atoms with Crippen LogP contribution in [0.4, 0.5) is 0 Å². The second-order valence-corrected chi connectivity index (χ2v) is 5.93. The molecule has 0 N–H and O–H groups in total.